The summed E-state index contributed by atoms with van der Waals surface area (Å²) in [5.74, 6) is 0. The van der Waals surface area contributed by atoms with E-state index in [2.05, 4.69) is 48.7 Å². The molecule has 15 heavy (non-hydrogen) atoms. The molecule has 1 N–H and O–H groups in total. The first kappa shape index (κ1) is 13.1. The largest absolute Gasteiger partial charge is 0.384 e. The number of anilines is 1. The highest BCUT2D eigenvalue weighted by Crippen LogP contribution is 2.23. The van der Waals surface area contributed by atoms with Gasteiger partial charge in [0.2, 0.25) is 0 Å². The summed E-state index contributed by atoms with van der Waals surface area (Å²) in [6, 6.07) is 5.93. The summed E-state index contributed by atoms with van der Waals surface area (Å²) in [4.78, 5) is 0. The van der Waals surface area contributed by atoms with Crippen LogP contribution in [0.1, 0.15) is 27.2 Å². The van der Waals surface area contributed by atoms with Gasteiger partial charge in [0.1, 0.15) is 0 Å². The van der Waals surface area contributed by atoms with E-state index in [4.69, 9.17) is 11.6 Å². The monoisotopic (exact) mass is 337 g/mol. The lowest BCUT2D eigenvalue weighted by molar-refractivity contribution is 0.390. The van der Waals surface area contributed by atoms with Gasteiger partial charge in [-0.3, -0.25) is 0 Å². The van der Waals surface area contributed by atoms with Gasteiger partial charge in [0.05, 0.1) is 0 Å². The Morgan fingerprint density at radius 1 is 1.33 bits per heavy atom. The molecule has 0 radical (unpaired) electrons. The predicted molar refractivity (Wildman–Crippen MR) is 76.7 cm³/mol. The fourth-order valence-corrected chi connectivity index (χ4v) is 2.27. The quantitative estimate of drug-likeness (QED) is 0.782. The Kier molecular flexibility index (Phi) is 4.71. The molecule has 84 valence electrons. The second-order valence-corrected chi connectivity index (χ2v) is 6.46. The van der Waals surface area contributed by atoms with E-state index in [1.54, 1.807) is 0 Å². The van der Waals surface area contributed by atoms with Gasteiger partial charge in [-0.05, 0) is 52.6 Å². The predicted octanol–water partition coefficient (Wildman–Crippen LogP) is 4.79. The third-order valence-corrected chi connectivity index (χ3v) is 3.25. The molecule has 0 saturated carbocycles. The molecule has 0 aromatic heterocycles. The van der Waals surface area contributed by atoms with Gasteiger partial charge in [0.15, 0.2) is 0 Å². The summed E-state index contributed by atoms with van der Waals surface area (Å²) < 4.78 is 1.18. The highest BCUT2D eigenvalue weighted by atomic mass is 127. The van der Waals surface area contributed by atoms with Crippen molar-refractivity contribution in [2.75, 3.05) is 11.9 Å². The Balaban J connectivity index is 2.51. The van der Waals surface area contributed by atoms with Crippen LogP contribution >= 0.6 is 34.2 Å². The van der Waals surface area contributed by atoms with E-state index in [1.807, 2.05) is 18.2 Å². The second-order valence-electron chi connectivity index (χ2n) is 4.86. The van der Waals surface area contributed by atoms with E-state index in [-0.39, 0.29) is 0 Å². The van der Waals surface area contributed by atoms with Crippen LogP contribution in [-0.2, 0) is 0 Å². The molecule has 0 bridgehead atoms. The number of nitrogens with one attached hydrogen (secondary N) is 1. The number of halogens is 2. The lowest BCUT2D eigenvalue weighted by atomic mass is 9.92. The minimum Gasteiger partial charge on any atom is -0.384 e. The smallest absolute Gasteiger partial charge is 0.0476 e. The highest BCUT2D eigenvalue weighted by molar-refractivity contribution is 14.1. The summed E-state index contributed by atoms with van der Waals surface area (Å²) in [5.41, 5.74) is 1.55. The van der Waals surface area contributed by atoms with Crippen molar-refractivity contribution in [1.82, 2.24) is 0 Å². The van der Waals surface area contributed by atoms with Crippen molar-refractivity contribution in [2.45, 2.75) is 27.2 Å². The number of hydrogen-bond donors (Lipinski definition) is 1. The third-order valence-electron chi connectivity index (χ3n) is 2.12. The Morgan fingerprint density at radius 2 is 2.00 bits per heavy atom. The minimum absolute atomic E-state index is 0.380. The molecule has 0 unspecified atom stereocenters. The minimum atomic E-state index is 0.380. The SMILES string of the molecule is CC(C)(C)CCNc1ccc(Cl)cc1I. The van der Waals surface area contributed by atoms with Crippen LogP contribution in [0.3, 0.4) is 0 Å². The average Bonchev–Trinajstić information content (AvgIpc) is 2.07. The van der Waals surface area contributed by atoms with Gasteiger partial charge in [-0.15, -0.1) is 0 Å². The zero-order valence-corrected chi connectivity index (χ0v) is 12.3. The zero-order valence-electron chi connectivity index (χ0n) is 9.40. The van der Waals surface area contributed by atoms with Crippen molar-refractivity contribution in [3.8, 4) is 0 Å². The highest BCUT2D eigenvalue weighted by Gasteiger charge is 2.09. The van der Waals surface area contributed by atoms with Crippen LogP contribution in [0.15, 0.2) is 18.2 Å². The molecule has 1 nitrogen and oxygen atoms in total. The van der Waals surface area contributed by atoms with Gasteiger partial charge in [0, 0.05) is 20.8 Å². The molecule has 0 aliphatic rings. The van der Waals surface area contributed by atoms with E-state index in [9.17, 15) is 0 Å². The molecular weight excluding hydrogens is 320 g/mol. The molecule has 0 amide bonds. The van der Waals surface area contributed by atoms with Crippen LogP contribution < -0.4 is 5.32 Å². The van der Waals surface area contributed by atoms with Crippen molar-refractivity contribution in [3.05, 3.63) is 26.8 Å². The molecule has 0 heterocycles. The Hall–Kier alpha value is 0.0400. The number of benzene rings is 1. The third kappa shape index (κ3) is 5.07. The Bertz CT molecular complexity index is 331. The van der Waals surface area contributed by atoms with Crippen molar-refractivity contribution in [2.24, 2.45) is 5.41 Å². The molecule has 0 spiro atoms. The molecule has 0 fully saturated rings. The van der Waals surface area contributed by atoms with Crippen LogP contribution in [0.5, 0.6) is 0 Å². The van der Waals surface area contributed by atoms with Gasteiger partial charge in [-0.2, -0.15) is 0 Å². The van der Waals surface area contributed by atoms with E-state index < -0.39 is 0 Å². The van der Waals surface area contributed by atoms with Crippen molar-refractivity contribution >= 4 is 39.9 Å². The Labute approximate surface area is 111 Å². The van der Waals surface area contributed by atoms with Gasteiger partial charge >= 0.3 is 0 Å². The summed E-state index contributed by atoms with van der Waals surface area (Å²) in [6.45, 7) is 7.76. The van der Waals surface area contributed by atoms with Crippen LogP contribution in [0.25, 0.3) is 0 Å². The maximum atomic E-state index is 5.89. The molecule has 1 aromatic carbocycles. The maximum absolute atomic E-state index is 5.89. The zero-order chi connectivity index (χ0) is 11.5. The molecule has 0 aliphatic carbocycles. The van der Waals surface area contributed by atoms with Crippen molar-refractivity contribution < 1.29 is 0 Å². The van der Waals surface area contributed by atoms with Gasteiger partial charge in [-0.25, -0.2) is 0 Å². The lowest BCUT2D eigenvalue weighted by Gasteiger charge is -2.19. The van der Waals surface area contributed by atoms with Crippen LogP contribution in [0.4, 0.5) is 5.69 Å². The first-order valence-corrected chi connectivity index (χ1v) is 6.53. The Morgan fingerprint density at radius 3 is 2.53 bits per heavy atom. The van der Waals surface area contributed by atoms with E-state index in [0.29, 0.717) is 5.41 Å². The summed E-state index contributed by atoms with van der Waals surface area (Å²) in [7, 11) is 0. The number of rotatable bonds is 3. The summed E-state index contributed by atoms with van der Waals surface area (Å²) >= 11 is 8.19. The first-order chi connectivity index (χ1) is 6.88. The van der Waals surface area contributed by atoms with Crippen molar-refractivity contribution in [3.63, 3.8) is 0 Å². The fraction of sp³-hybridized carbons (Fsp3) is 0.500. The van der Waals surface area contributed by atoms with E-state index >= 15 is 0 Å². The number of hydrogen-bond acceptors (Lipinski definition) is 1. The van der Waals surface area contributed by atoms with Crippen LogP contribution in [0.2, 0.25) is 5.02 Å². The van der Waals surface area contributed by atoms with Crippen molar-refractivity contribution in [1.29, 1.82) is 0 Å². The summed E-state index contributed by atoms with van der Waals surface area (Å²) in [5, 5.41) is 4.22. The first-order valence-electron chi connectivity index (χ1n) is 5.07. The molecule has 0 aliphatic heterocycles. The molecule has 0 atom stereocenters. The van der Waals surface area contributed by atoms with E-state index in [0.717, 1.165) is 18.0 Å². The fourth-order valence-electron chi connectivity index (χ4n) is 1.21. The van der Waals surface area contributed by atoms with Gasteiger partial charge < -0.3 is 5.32 Å². The van der Waals surface area contributed by atoms with Gasteiger partial charge in [-0.1, -0.05) is 32.4 Å². The van der Waals surface area contributed by atoms with Crippen LogP contribution in [0, 0.1) is 8.99 Å². The molecule has 0 saturated heterocycles. The van der Waals surface area contributed by atoms with E-state index in [1.165, 1.54) is 9.26 Å². The molecular formula is C12H17ClIN. The van der Waals surface area contributed by atoms with Gasteiger partial charge in [0.25, 0.3) is 0 Å². The standard InChI is InChI=1S/C12H17ClIN/c1-12(2,3)6-7-15-11-5-4-9(13)8-10(11)14/h4-5,8,15H,6-7H2,1-3H3. The maximum Gasteiger partial charge on any atom is 0.0476 e. The molecule has 3 heteroatoms. The normalized spacial score (nSPS) is 11.5. The topological polar surface area (TPSA) is 12.0 Å². The summed E-state index contributed by atoms with van der Waals surface area (Å²) in [6.07, 6.45) is 1.16. The molecule has 1 rings (SSSR count). The lowest BCUT2D eigenvalue weighted by Crippen LogP contribution is -2.13. The molecule has 1 aromatic rings. The van der Waals surface area contributed by atoms with Crippen LogP contribution in [-0.4, -0.2) is 6.54 Å². The second kappa shape index (κ2) is 5.39. The average molecular weight is 338 g/mol.